The van der Waals surface area contributed by atoms with E-state index in [9.17, 15) is 14.4 Å². The van der Waals surface area contributed by atoms with Crippen molar-refractivity contribution in [1.29, 1.82) is 0 Å². The first-order valence-corrected chi connectivity index (χ1v) is 8.82. The van der Waals surface area contributed by atoms with Gasteiger partial charge < -0.3 is 15.4 Å². The van der Waals surface area contributed by atoms with E-state index in [2.05, 4.69) is 10.6 Å². The van der Waals surface area contributed by atoms with Crippen LogP contribution in [0.15, 0.2) is 54.6 Å². The van der Waals surface area contributed by atoms with E-state index in [1.54, 1.807) is 68.4 Å². The Kier molecular flexibility index (Phi) is 7.37. The van der Waals surface area contributed by atoms with Gasteiger partial charge in [-0.2, -0.15) is 0 Å². The van der Waals surface area contributed by atoms with Gasteiger partial charge >= 0.3 is 5.97 Å². The number of benzene rings is 2. The molecule has 2 rings (SSSR count). The number of esters is 1. The van der Waals surface area contributed by atoms with Crippen molar-refractivity contribution in [3.8, 4) is 0 Å². The number of carbonyl (C=O) groups is 3. The molecule has 2 N–H and O–H groups in total. The molecule has 0 radical (unpaired) electrons. The van der Waals surface area contributed by atoms with Crippen LogP contribution in [0.2, 0.25) is 5.02 Å². The SMILES string of the molecule is CC(C)[C@@H](NC(=O)c1ccccc1)C(=O)OCC(=O)Nc1ccc(Cl)cc1. The third-order valence-corrected chi connectivity index (χ3v) is 3.97. The first-order valence-electron chi connectivity index (χ1n) is 8.45. The summed E-state index contributed by atoms with van der Waals surface area (Å²) in [5, 5.41) is 5.80. The lowest BCUT2D eigenvalue weighted by Gasteiger charge is -2.20. The van der Waals surface area contributed by atoms with E-state index in [1.807, 2.05) is 0 Å². The summed E-state index contributed by atoms with van der Waals surface area (Å²) in [6.07, 6.45) is 0. The lowest BCUT2D eigenvalue weighted by molar-refractivity contribution is -0.150. The lowest BCUT2D eigenvalue weighted by Crippen LogP contribution is -2.45. The molecular formula is C20H21ClN2O4. The van der Waals surface area contributed by atoms with Crippen LogP contribution < -0.4 is 10.6 Å². The topological polar surface area (TPSA) is 84.5 Å². The summed E-state index contributed by atoms with van der Waals surface area (Å²) in [4.78, 5) is 36.5. The highest BCUT2D eigenvalue weighted by atomic mass is 35.5. The van der Waals surface area contributed by atoms with Crippen LogP contribution in [-0.2, 0) is 14.3 Å². The largest absolute Gasteiger partial charge is 0.454 e. The molecule has 0 aliphatic heterocycles. The zero-order valence-electron chi connectivity index (χ0n) is 15.1. The van der Waals surface area contributed by atoms with Crippen molar-refractivity contribution < 1.29 is 19.1 Å². The molecule has 2 aromatic rings. The Hall–Kier alpha value is -2.86. The maximum Gasteiger partial charge on any atom is 0.329 e. The minimum Gasteiger partial charge on any atom is -0.454 e. The number of hydrogen-bond donors (Lipinski definition) is 2. The van der Waals surface area contributed by atoms with Crippen LogP contribution in [0, 0.1) is 5.92 Å². The Morgan fingerprint density at radius 1 is 1.00 bits per heavy atom. The number of anilines is 1. The van der Waals surface area contributed by atoms with Crippen molar-refractivity contribution in [1.82, 2.24) is 5.32 Å². The van der Waals surface area contributed by atoms with Gasteiger partial charge in [0.15, 0.2) is 6.61 Å². The third-order valence-electron chi connectivity index (χ3n) is 3.72. The molecule has 0 bridgehead atoms. The molecule has 6 nitrogen and oxygen atoms in total. The molecule has 7 heteroatoms. The first-order chi connectivity index (χ1) is 12.9. The molecule has 0 aliphatic carbocycles. The van der Waals surface area contributed by atoms with Gasteiger partial charge in [-0.1, -0.05) is 43.6 Å². The minimum atomic E-state index is -0.860. The van der Waals surface area contributed by atoms with E-state index >= 15 is 0 Å². The molecule has 0 heterocycles. The number of carbonyl (C=O) groups excluding carboxylic acids is 3. The van der Waals surface area contributed by atoms with Crippen LogP contribution in [0.5, 0.6) is 0 Å². The van der Waals surface area contributed by atoms with Gasteiger partial charge in [0.2, 0.25) is 0 Å². The highest BCUT2D eigenvalue weighted by molar-refractivity contribution is 6.30. The van der Waals surface area contributed by atoms with E-state index in [0.29, 0.717) is 16.3 Å². The van der Waals surface area contributed by atoms with Gasteiger partial charge in [-0.25, -0.2) is 4.79 Å². The van der Waals surface area contributed by atoms with Crippen LogP contribution in [0.4, 0.5) is 5.69 Å². The monoisotopic (exact) mass is 388 g/mol. The fourth-order valence-electron chi connectivity index (χ4n) is 2.27. The van der Waals surface area contributed by atoms with Gasteiger partial charge in [0.1, 0.15) is 6.04 Å². The number of amides is 2. The summed E-state index contributed by atoms with van der Waals surface area (Å²) in [6.45, 7) is 3.11. The van der Waals surface area contributed by atoms with E-state index in [-0.39, 0.29) is 11.8 Å². The summed E-state index contributed by atoms with van der Waals surface area (Å²) < 4.78 is 5.07. The van der Waals surface area contributed by atoms with Gasteiger partial charge in [-0.15, -0.1) is 0 Å². The van der Waals surface area contributed by atoms with Gasteiger partial charge in [0.25, 0.3) is 11.8 Å². The van der Waals surface area contributed by atoms with Gasteiger partial charge in [0.05, 0.1) is 0 Å². The lowest BCUT2D eigenvalue weighted by atomic mass is 10.0. The highest BCUT2D eigenvalue weighted by Crippen LogP contribution is 2.13. The fraction of sp³-hybridized carbons (Fsp3) is 0.250. The number of rotatable bonds is 7. The molecule has 0 spiro atoms. The predicted octanol–water partition coefficient (Wildman–Crippen LogP) is 3.28. The number of nitrogens with one attached hydrogen (secondary N) is 2. The quantitative estimate of drug-likeness (QED) is 0.713. The maximum absolute atomic E-state index is 12.3. The van der Waals surface area contributed by atoms with Crippen molar-refractivity contribution in [2.45, 2.75) is 19.9 Å². The molecule has 2 amide bonds. The number of halogens is 1. The van der Waals surface area contributed by atoms with Crippen molar-refractivity contribution in [3.63, 3.8) is 0 Å². The minimum absolute atomic E-state index is 0.204. The van der Waals surface area contributed by atoms with E-state index in [1.165, 1.54) is 0 Å². The van der Waals surface area contributed by atoms with E-state index in [4.69, 9.17) is 16.3 Å². The predicted molar refractivity (Wildman–Crippen MR) is 104 cm³/mol. The smallest absolute Gasteiger partial charge is 0.329 e. The second kappa shape index (κ2) is 9.73. The van der Waals surface area contributed by atoms with Crippen molar-refractivity contribution >= 4 is 35.1 Å². The average Bonchev–Trinajstić information content (AvgIpc) is 2.66. The van der Waals surface area contributed by atoms with Crippen LogP contribution >= 0.6 is 11.6 Å². The zero-order chi connectivity index (χ0) is 19.8. The second-order valence-electron chi connectivity index (χ2n) is 6.22. The molecule has 0 saturated carbocycles. The molecule has 0 fully saturated rings. The molecule has 0 unspecified atom stereocenters. The maximum atomic E-state index is 12.3. The summed E-state index contributed by atoms with van der Waals surface area (Å²) in [6, 6.07) is 14.3. The highest BCUT2D eigenvalue weighted by Gasteiger charge is 2.26. The average molecular weight is 389 g/mol. The molecule has 0 saturated heterocycles. The van der Waals surface area contributed by atoms with Crippen LogP contribution in [-0.4, -0.2) is 30.4 Å². The van der Waals surface area contributed by atoms with Crippen LogP contribution in [0.3, 0.4) is 0 Å². The summed E-state index contributed by atoms with van der Waals surface area (Å²) in [5.74, 6) is -1.73. The summed E-state index contributed by atoms with van der Waals surface area (Å²) in [7, 11) is 0. The van der Waals surface area contributed by atoms with Crippen molar-refractivity contribution in [2.24, 2.45) is 5.92 Å². The van der Waals surface area contributed by atoms with E-state index < -0.39 is 24.5 Å². The van der Waals surface area contributed by atoms with Gasteiger partial charge in [-0.05, 0) is 42.3 Å². The van der Waals surface area contributed by atoms with Crippen molar-refractivity contribution in [2.75, 3.05) is 11.9 Å². The standard InChI is InChI=1S/C20H21ClN2O4/c1-13(2)18(23-19(25)14-6-4-3-5-7-14)20(26)27-12-17(24)22-16-10-8-15(21)9-11-16/h3-11,13,18H,12H2,1-2H3,(H,22,24)(H,23,25)/t18-/m1/s1. The summed E-state index contributed by atoms with van der Waals surface area (Å²) >= 11 is 5.78. The number of hydrogen-bond acceptors (Lipinski definition) is 4. The molecule has 27 heavy (non-hydrogen) atoms. The fourth-order valence-corrected chi connectivity index (χ4v) is 2.39. The molecule has 142 valence electrons. The normalized spacial score (nSPS) is 11.6. The zero-order valence-corrected chi connectivity index (χ0v) is 15.8. The first kappa shape index (κ1) is 20.5. The third kappa shape index (κ3) is 6.42. The van der Waals surface area contributed by atoms with E-state index in [0.717, 1.165) is 0 Å². The Bertz CT molecular complexity index is 791. The Morgan fingerprint density at radius 3 is 2.22 bits per heavy atom. The van der Waals surface area contributed by atoms with Gasteiger partial charge in [-0.3, -0.25) is 9.59 Å². The molecule has 0 aromatic heterocycles. The Morgan fingerprint density at radius 2 is 1.63 bits per heavy atom. The number of ether oxygens (including phenoxy) is 1. The Labute approximate surface area is 162 Å². The molecular weight excluding hydrogens is 368 g/mol. The summed E-state index contributed by atoms with van der Waals surface area (Å²) in [5.41, 5.74) is 0.981. The van der Waals surface area contributed by atoms with Gasteiger partial charge in [0, 0.05) is 16.3 Å². The Balaban J connectivity index is 1.89. The molecule has 2 aromatic carbocycles. The van der Waals surface area contributed by atoms with Crippen LogP contribution in [0.25, 0.3) is 0 Å². The van der Waals surface area contributed by atoms with Crippen molar-refractivity contribution in [3.05, 3.63) is 65.2 Å². The molecule has 0 aliphatic rings. The second-order valence-corrected chi connectivity index (χ2v) is 6.66. The van der Waals surface area contributed by atoms with Crippen LogP contribution in [0.1, 0.15) is 24.2 Å². The molecule has 1 atom stereocenters.